The van der Waals surface area contributed by atoms with Crippen molar-refractivity contribution < 1.29 is 63.2 Å². The second kappa shape index (κ2) is 12.7. The highest BCUT2D eigenvalue weighted by molar-refractivity contribution is 5.89. The van der Waals surface area contributed by atoms with Crippen molar-refractivity contribution >= 4 is 11.9 Å². The van der Waals surface area contributed by atoms with E-state index < -0.39 is 118 Å². The lowest BCUT2D eigenvalue weighted by Gasteiger charge is -2.74. The largest absolute Gasteiger partial charge is 0.456 e. The van der Waals surface area contributed by atoms with Gasteiger partial charge in [0.1, 0.15) is 59.5 Å². The highest BCUT2D eigenvalue weighted by Gasteiger charge is 2.90. The van der Waals surface area contributed by atoms with Crippen LogP contribution < -0.4 is 0 Å². The molecule has 4 saturated carbocycles. The van der Waals surface area contributed by atoms with Crippen molar-refractivity contribution in [3.8, 4) is 0 Å². The lowest BCUT2D eigenvalue weighted by Crippen LogP contribution is -2.89. The molecule has 18 atom stereocenters. The fraction of sp³-hybridized carbons (Fsp3) is 0.652. The van der Waals surface area contributed by atoms with Gasteiger partial charge in [-0.2, -0.15) is 0 Å². The number of carbonyl (C=O) groups is 2. The number of rotatable bonds is 3. The molecule has 1 unspecified atom stereocenters. The molecule has 5 saturated heterocycles. The molecule has 316 valence electrons. The van der Waals surface area contributed by atoms with Gasteiger partial charge in [0, 0.05) is 29.4 Å². The number of hydrogen-bond acceptors (Lipinski definition) is 13. The van der Waals surface area contributed by atoms with Gasteiger partial charge in [-0.1, -0.05) is 62.4 Å². The van der Waals surface area contributed by atoms with E-state index in [1.807, 2.05) is 50.2 Å². The van der Waals surface area contributed by atoms with Gasteiger partial charge < -0.3 is 53.6 Å². The first-order valence-electron chi connectivity index (χ1n) is 21.5. The fourth-order valence-corrected chi connectivity index (χ4v) is 13.5. The summed E-state index contributed by atoms with van der Waals surface area (Å²) in [6.07, 6.45) is -1.08. The Kier molecular flexibility index (Phi) is 8.30. The first-order valence-corrected chi connectivity index (χ1v) is 21.5. The minimum absolute atomic E-state index is 0.00681. The minimum Gasteiger partial charge on any atom is -0.456 e. The number of esters is 2. The molecule has 4 aliphatic carbocycles. The van der Waals surface area contributed by atoms with Crippen molar-refractivity contribution in [3.63, 3.8) is 0 Å². The van der Waals surface area contributed by atoms with E-state index in [4.69, 9.17) is 33.2 Å². The monoisotopic (exact) mass is 814 g/mol. The molecule has 59 heavy (non-hydrogen) atoms. The van der Waals surface area contributed by atoms with E-state index >= 15 is 0 Å². The van der Waals surface area contributed by atoms with Crippen LogP contribution in [0.4, 0.5) is 0 Å². The summed E-state index contributed by atoms with van der Waals surface area (Å²) in [6, 6.07) is 18.0. The van der Waals surface area contributed by atoms with Gasteiger partial charge in [-0.05, 0) is 88.3 Å². The smallest absolute Gasteiger partial charge is 0.338 e. The Balaban J connectivity index is 1.03. The molecule has 0 aromatic heterocycles. The summed E-state index contributed by atoms with van der Waals surface area (Å²) in [4.78, 5) is 27.3. The second-order valence-electron chi connectivity index (χ2n) is 19.6. The van der Waals surface area contributed by atoms with E-state index in [9.17, 15) is 30.0 Å². The molecule has 7 heterocycles. The van der Waals surface area contributed by atoms with Crippen LogP contribution in [0.5, 0.6) is 0 Å². The van der Waals surface area contributed by atoms with Crippen molar-refractivity contribution in [1.29, 1.82) is 0 Å². The third-order valence-electron chi connectivity index (χ3n) is 16.5. The Morgan fingerprint density at radius 3 is 2.24 bits per heavy atom. The maximum atomic E-state index is 13.8. The molecule has 4 N–H and O–H groups in total. The van der Waals surface area contributed by atoms with Gasteiger partial charge in [-0.3, -0.25) is 0 Å². The maximum Gasteiger partial charge on any atom is 0.338 e. The van der Waals surface area contributed by atoms with Crippen LogP contribution in [0, 0.1) is 35.5 Å². The van der Waals surface area contributed by atoms with Gasteiger partial charge in [-0.15, -0.1) is 0 Å². The standard InChI is InChI=1S/C46H54O13/c1-23-21-30-43(51)35(23)54-31(47)20-19-29-34(53-29)33(55-39(48)27-11-7-5-8-12-27)26-17-15-25(16-18-26)22-41(3,50)45(52)36-24(2)44(30)32(37-42(4,56-37)40(43)49)38(45)58-46(57-36,59-44)28-13-9-6-10-14-28/h5-14,19-20,23-26,29-30,32-38,40,49-52H,15-18,21-22H2,1-4H3/b20-19+/t23-,24+,25?,26?,29+,30+,32-,33-,34+,35-,36-,37-,38+,40+,41+,42-,43+,44-,45-,46?/m0/s1. The zero-order chi connectivity index (χ0) is 41.1. The quantitative estimate of drug-likeness (QED) is 0.260. The number of carbonyl (C=O) groups excluding carboxylic acids is 2. The van der Waals surface area contributed by atoms with E-state index in [0.29, 0.717) is 43.2 Å². The lowest BCUT2D eigenvalue weighted by molar-refractivity contribution is -0.595. The lowest BCUT2D eigenvalue weighted by atomic mass is 9.49. The van der Waals surface area contributed by atoms with Crippen molar-refractivity contribution in [1.82, 2.24) is 0 Å². The van der Waals surface area contributed by atoms with Gasteiger partial charge in [0.2, 0.25) is 0 Å². The fourth-order valence-electron chi connectivity index (χ4n) is 13.5. The zero-order valence-electron chi connectivity index (χ0n) is 33.7. The molecule has 13 heteroatoms. The van der Waals surface area contributed by atoms with Crippen molar-refractivity contribution in [3.05, 3.63) is 83.9 Å². The van der Waals surface area contributed by atoms with Crippen LogP contribution in [0.15, 0.2) is 72.8 Å². The van der Waals surface area contributed by atoms with Crippen molar-refractivity contribution in [2.75, 3.05) is 0 Å². The van der Waals surface area contributed by atoms with Crippen LogP contribution in [0.3, 0.4) is 0 Å². The van der Waals surface area contributed by atoms with Crippen molar-refractivity contribution in [2.45, 2.75) is 149 Å². The first kappa shape index (κ1) is 38.7. The maximum absolute atomic E-state index is 13.8. The molecule has 10 bridgehead atoms. The van der Waals surface area contributed by atoms with Crippen LogP contribution >= 0.6 is 0 Å². The van der Waals surface area contributed by atoms with E-state index in [1.54, 1.807) is 44.2 Å². The predicted octanol–water partition coefficient (Wildman–Crippen LogP) is 3.69. The van der Waals surface area contributed by atoms with Crippen LogP contribution in [-0.2, 0) is 43.9 Å². The molecule has 0 radical (unpaired) electrons. The van der Waals surface area contributed by atoms with Crippen LogP contribution in [0.25, 0.3) is 0 Å². The highest BCUT2D eigenvalue weighted by atomic mass is 16.9. The molecular weight excluding hydrogens is 760 g/mol. The second-order valence-corrected chi connectivity index (χ2v) is 19.6. The number of fused-ring (bicyclic) bond motifs is 6. The molecule has 9 fully saturated rings. The normalized spacial score (nSPS) is 54.5. The molecule has 11 aliphatic rings. The summed E-state index contributed by atoms with van der Waals surface area (Å²) in [5, 5.41) is 52.2. The highest BCUT2D eigenvalue weighted by Crippen LogP contribution is 2.75. The first-order chi connectivity index (χ1) is 28.1. The summed E-state index contributed by atoms with van der Waals surface area (Å²) >= 11 is 0. The Morgan fingerprint density at radius 2 is 1.53 bits per heavy atom. The number of hydrogen-bond donors (Lipinski definition) is 4. The average molecular weight is 815 g/mol. The number of aliphatic hydroxyl groups is 4. The van der Waals surface area contributed by atoms with Gasteiger partial charge in [0.25, 0.3) is 0 Å². The summed E-state index contributed by atoms with van der Waals surface area (Å²) in [5.74, 6) is -5.82. The molecular formula is C46H54O13. The third kappa shape index (κ3) is 5.11. The van der Waals surface area contributed by atoms with E-state index in [0.717, 1.165) is 0 Å². The Bertz CT molecular complexity index is 2050. The zero-order valence-corrected chi connectivity index (χ0v) is 33.7. The number of benzene rings is 2. The van der Waals surface area contributed by atoms with E-state index in [-0.39, 0.29) is 18.3 Å². The van der Waals surface area contributed by atoms with Gasteiger partial charge in [0.05, 0.1) is 22.9 Å². The van der Waals surface area contributed by atoms with Crippen LogP contribution in [0.1, 0.15) is 82.1 Å². The summed E-state index contributed by atoms with van der Waals surface area (Å²) in [7, 11) is 0. The van der Waals surface area contributed by atoms with E-state index in [1.165, 1.54) is 6.08 Å². The Morgan fingerprint density at radius 1 is 0.847 bits per heavy atom. The topological polar surface area (TPSA) is 186 Å². The number of aliphatic hydroxyl groups excluding tert-OH is 1. The van der Waals surface area contributed by atoms with Gasteiger partial charge in [0.15, 0.2) is 0 Å². The third-order valence-corrected chi connectivity index (χ3v) is 16.5. The summed E-state index contributed by atoms with van der Waals surface area (Å²) in [6.45, 7) is 7.19. The molecule has 13 rings (SSSR count). The molecule has 2 aromatic carbocycles. The SMILES string of the molecule is C[C@@H]1[C@@H]2OC3(c4ccccc4)O[C@@H]4[C@@H]5[C@@H]6O[C@]6(C)[C@@H](O)[C@@]6(O)[C@@H](C[C@H](C)[C@@H]6OC(=O)/C=C/[C@H]6O[C@H]6[C@@H](OC(=O)c6ccccc6)C6CCC(CC6)C[C@@](C)(O)[C@@]42O)[C@]51O3. The molecule has 13 nitrogen and oxygen atoms in total. The predicted molar refractivity (Wildman–Crippen MR) is 205 cm³/mol. The minimum atomic E-state index is -2.07. The van der Waals surface area contributed by atoms with Crippen LogP contribution in [0.2, 0.25) is 0 Å². The average Bonchev–Trinajstić information content (AvgIpc) is 4.14. The number of epoxide rings is 2. The van der Waals surface area contributed by atoms with Crippen molar-refractivity contribution in [2.24, 2.45) is 35.5 Å². The summed E-state index contributed by atoms with van der Waals surface area (Å²) in [5.41, 5.74) is -7.54. The molecule has 1 spiro atoms. The summed E-state index contributed by atoms with van der Waals surface area (Å²) < 4.78 is 46.1. The Labute approximate surface area is 342 Å². The number of ether oxygens (including phenoxy) is 7. The Hall–Kier alpha value is -3.24. The molecule has 7 aliphatic heterocycles. The van der Waals surface area contributed by atoms with E-state index in [2.05, 4.69) is 0 Å². The molecule has 2 aromatic rings. The van der Waals surface area contributed by atoms with Gasteiger partial charge in [-0.25, -0.2) is 9.59 Å². The molecule has 0 amide bonds. The van der Waals surface area contributed by atoms with Crippen LogP contribution in [-0.4, -0.2) is 109 Å². The van der Waals surface area contributed by atoms with Gasteiger partial charge >= 0.3 is 17.9 Å².